The van der Waals surface area contributed by atoms with Gasteiger partial charge in [0.05, 0.1) is 11.7 Å². The first-order chi connectivity index (χ1) is 12.5. The predicted octanol–water partition coefficient (Wildman–Crippen LogP) is 3.48. The molecular weight excluding hydrogens is 324 g/mol. The molecule has 3 rings (SSSR count). The van der Waals surface area contributed by atoms with E-state index in [2.05, 4.69) is 40.4 Å². The largest absolute Gasteiger partial charge is 0.350 e. The van der Waals surface area contributed by atoms with Crippen LogP contribution >= 0.6 is 0 Å². The van der Waals surface area contributed by atoms with Crippen molar-refractivity contribution in [2.45, 2.75) is 52.6 Å². The van der Waals surface area contributed by atoms with E-state index in [0.717, 1.165) is 17.9 Å². The van der Waals surface area contributed by atoms with Gasteiger partial charge in [-0.1, -0.05) is 18.6 Å². The van der Waals surface area contributed by atoms with Gasteiger partial charge in [-0.15, -0.1) is 0 Å². The Kier molecular flexibility index (Phi) is 6.09. The number of hydrogen-bond donors (Lipinski definition) is 1. The lowest BCUT2D eigenvalue weighted by molar-refractivity contribution is 0.0947. The van der Waals surface area contributed by atoms with Gasteiger partial charge >= 0.3 is 0 Å². The number of aromatic nitrogens is 2. The van der Waals surface area contributed by atoms with E-state index in [1.165, 1.54) is 37.9 Å². The minimum Gasteiger partial charge on any atom is -0.350 e. The normalized spacial score (nSPS) is 16.4. The Morgan fingerprint density at radius 2 is 1.85 bits per heavy atom. The molecule has 140 valence electrons. The molecule has 1 aliphatic heterocycles. The number of benzene rings is 1. The lowest BCUT2D eigenvalue weighted by Crippen LogP contribution is -2.30. The lowest BCUT2D eigenvalue weighted by atomic mass is 10.1. The number of rotatable bonds is 6. The Morgan fingerprint density at radius 3 is 2.46 bits per heavy atom. The summed E-state index contributed by atoms with van der Waals surface area (Å²) < 4.78 is 1.97. The van der Waals surface area contributed by atoms with Crippen molar-refractivity contribution in [3.8, 4) is 0 Å². The SMILES string of the molecule is Cc1cc(C)n([C@H](C)CNC(=O)c2ccc(CN3CCCCC3)cc2)n1. The molecule has 26 heavy (non-hydrogen) atoms. The molecule has 0 bridgehead atoms. The summed E-state index contributed by atoms with van der Waals surface area (Å²) >= 11 is 0. The number of likely N-dealkylation sites (tertiary alicyclic amines) is 1. The monoisotopic (exact) mass is 354 g/mol. The van der Waals surface area contributed by atoms with E-state index in [-0.39, 0.29) is 11.9 Å². The number of amides is 1. The van der Waals surface area contributed by atoms with Crippen LogP contribution < -0.4 is 5.32 Å². The van der Waals surface area contributed by atoms with E-state index in [9.17, 15) is 4.79 Å². The number of nitrogens with zero attached hydrogens (tertiary/aromatic N) is 3. The zero-order valence-corrected chi connectivity index (χ0v) is 16.2. The van der Waals surface area contributed by atoms with Crippen molar-refractivity contribution in [1.29, 1.82) is 0 Å². The quantitative estimate of drug-likeness (QED) is 0.864. The Balaban J connectivity index is 1.52. The molecule has 1 aromatic carbocycles. The van der Waals surface area contributed by atoms with E-state index in [1.54, 1.807) is 0 Å². The van der Waals surface area contributed by atoms with Crippen molar-refractivity contribution < 1.29 is 4.79 Å². The highest BCUT2D eigenvalue weighted by molar-refractivity contribution is 5.94. The molecule has 1 aromatic heterocycles. The Bertz CT molecular complexity index is 729. The molecule has 1 saturated heterocycles. The standard InChI is InChI=1S/C21H30N4O/c1-16-13-17(2)25(23-16)18(3)14-22-21(26)20-9-7-19(8-10-20)15-24-11-5-4-6-12-24/h7-10,13,18H,4-6,11-12,14-15H2,1-3H3,(H,22,26)/t18-/m1/s1. The molecule has 0 saturated carbocycles. The fourth-order valence-electron chi connectivity index (χ4n) is 3.66. The molecule has 1 amide bonds. The lowest BCUT2D eigenvalue weighted by Gasteiger charge is -2.26. The average Bonchev–Trinajstić information content (AvgIpc) is 2.99. The Labute approximate surface area is 156 Å². The van der Waals surface area contributed by atoms with Crippen LogP contribution in [0.3, 0.4) is 0 Å². The Morgan fingerprint density at radius 1 is 1.15 bits per heavy atom. The molecular formula is C21H30N4O. The van der Waals surface area contributed by atoms with Crippen molar-refractivity contribution in [3.63, 3.8) is 0 Å². The third-order valence-electron chi connectivity index (χ3n) is 5.09. The summed E-state index contributed by atoms with van der Waals surface area (Å²) in [6.45, 7) is 10.0. The molecule has 1 N–H and O–H groups in total. The van der Waals surface area contributed by atoms with Gasteiger partial charge in [-0.2, -0.15) is 5.10 Å². The molecule has 5 heteroatoms. The number of carbonyl (C=O) groups is 1. The van der Waals surface area contributed by atoms with Crippen LogP contribution in [0.5, 0.6) is 0 Å². The maximum absolute atomic E-state index is 12.4. The van der Waals surface area contributed by atoms with Crippen molar-refractivity contribution in [2.24, 2.45) is 0 Å². The van der Waals surface area contributed by atoms with E-state index in [1.807, 2.05) is 30.7 Å². The molecule has 2 heterocycles. The number of piperidine rings is 1. The van der Waals surface area contributed by atoms with Gasteiger partial charge < -0.3 is 5.32 Å². The van der Waals surface area contributed by atoms with E-state index in [0.29, 0.717) is 12.1 Å². The first-order valence-electron chi connectivity index (χ1n) is 9.65. The van der Waals surface area contributed by atoms with Gasteiger partial charge in [0.2, 0.25) is 0 Å². The minimum absolute atomic E-state index is 0.0251. The molecule has 1 atom stereocenters. The highest BCUT2D eigenvalue weighted by Crippen LogP contribution is 2.14. The summed E-state index contributed by atoms with van der Waals surface area (Å²) in [6.07, 6.45) is 3.95. The highest BCUT2D eigenvalue weighted by atomic mass is 16.1. The van der Waals surface area contributed by atoms with Gasteiger partial charge in [-0.25, -0.2) is 0 Å². The van der Waals surface area contributed by atoms with Crippen LogP contribution in [0.15, 0.2) is 30.3 Å². The van der Waals surface area contributed by atoms with E-state index < -0.39 is 0 Å². The summed E-state index contributed by atoms with van der Waals surface area (Å²) in [5.74, 6) is -0.0251. The Hall–Kier alpha value is -2.14. The van der Waals surface area contributed by atoms with Gasteiger partial charge in [0.15, 0.2) is 0 Å². The summed E-state index contributed by atoms with van der Waals surface area (Å²) in [4.78, 5) is 14.9. The van der Waals surface area contributed by atoms with E-state index >= 15 is 0 Å². The van der Waals surface area contributed by atoms with Crippen LogP contribution in [0.25, 0.3) is 0 Å². The first kappa shape index (κ1) is 18.6. The van der Waals surface area contributed by atoms with Crippen LogP contribution in [0.1, 0.15) is 59.5 Å². The predicted molar refractivity (Wildman–Crippen MR) is 104 cm³/mol. The fourth-order valence-corrected chi connectivity index (χ4v) is 3.66. The molecule has 5 nitrogen and oxygen atoms in total. The van der Waals surface area contributed by atoms with E-state index in [4.69, 9.17) is 0 Å². The molecule has 0 radical (unpaired) electrons. The third kappa shape index (κ3) is 4.73. The van der Waals surface area contributed by atoms with Crippen LogP contribution in [0.2, 0.25) is 0 Å². The maximum atomic E-state index is 12.4. The van der Waals surface area contributed by atoms with Gasteiger partial charge in [0.25, 0.3) is 5.91 Å². The van der Waals surface area contributed by atoms with Crippen molar-refractivity contribution >= 4 is 5.91 Å². The maximum Gasteiger partial charge on any atom is 0.251 e. The molecule has 2 aromatic rings. The fraction of sp³-hybridized carbons (Fsp3) is 0.524. The number of nitrogens with one attached hydrogen (secondary N) is 1. The summed E-state index contributed by atoms with van der Waals surface area (Å²) in [6, 6.07) is 10.2. The second kappa shape index (κ2) is 8.49. The number of aryl methyl sites for hydroxylation is 2. The van der Waals surface area contributed by atoms with Gasteiger partial charge in [0.1, 0.15) is 0 Å². The molecule has 1 fully saturated rings. The molecule has 0 spiro atoms. The summed E-state index contributed by atoms with van der Waals surface area (Å²) in [5.41, 5.74) is 4.11. The zero-order valence-electron chi connectivity index (χ0n) is 16.2. The van der Waals surface area contributed by atoms with Crippen molar-refractivity contribution in [3.05, 3.63) is 52.8 Å². The first-order valence-corrected chi connectivity index (χ1v) is 9.65. The number of hydrogen-bond acceptors (Lipinski definition) is 3. The molecule has 1 aliphatic rings. The second-order valence-electron chi connectivity index (χ2n) is 7.46. The zero-order chi connectivity index (χ0) is 18.5. The minimum atomic E-state index is -0.0251. The van der Waals surface area contributed by atoms with Gasteiger partial charge in [-0.3, -0.25) is 14.4 Å². The van der Waals surface area contributed by atoms with Gasteiger partial charge in [0, 0.05) is 24.3 Å². The smallest absolute Gasteiger partial charge is 0.251 e. The van der Waals surface area contributed by atoms with Crippen LogP contribution in [0.4, 0.5) is 0 Å². The van der Waals surface area contributed by atoms with Crippen LogP contribution in [0, 0.1) is 13.8 Å². The topological polar surface area (TPSA) is 50.2 Å². The van der Waals surface area contributed by atoms with Gasteiger partial charge in [-0.05, 0) is 70.5 Å². The second-order valence-corrected chi connectivity index (χ2v) is 7.46. The van der Waals surface area contributed by atoms with Crippen LogP contribution in [-0.2, 0) is 6.54 Å². The average molecular weight is 354 g/mol. The highest BCUT2D eigenvalue weighted by Gasteiger charge is 2.13. The van der Waals surface area contributed by atoms with Crippen LogP contribution in [-0.4, -0.2) is 40.2 Å². The number of carbonyl (C=O) groups excluding carboxylic acids is 1. The molecule has 0 unspecified atom stereocenters. The summed E-state index contributed by atoms with van der Waals surface area (Å²) in [5, 5.41) is 7.51. The van der Waals surface area contributed by atoms with Crippen molar-refractivity contribution in [2.75, 3.05) is 19.6 Å². The molecule has 0 aliphatic carbocycles. The summed E-state index contributed by atoms with van der Waals surface area (Å²) in [7, 11) is 0. The van der Waals surface area contributed by atoms with Crippen molar-refractivity contribution in [1.82, 2.24) is 20.0 Å². The third-order valence-corrected chi connectivity index (χ3v) is 5.09.